The third-order valence-electron chi connectivity index (χ3n) is 4.42. The summed E-state index contributed by atoms with van der Waals surface area (Å²) in [6.07, 6.45) is -4.56. The van der Waals surface area contributed by atoms with Crippen LogP contribution in [0.2, 0.25) is 0 Å². The molecule has 2 aromatic rings. The van der Waals surface area contributed by atoms with Crippen LogP contribution in [-0.4, -0.2) is 44.8 Å². The first-order valence-electron chi connectivity index (χ1n) is 8.81. The minimum Gasteiger partial charge on any atom is -0.404 e. The lowest BCUT2D eigenvalue weighted by Gasteiger charge is -2.29. The molecule has 0 spiro atoms. The summed E-state index contributed by atoms with van der Waals surface area (Å²) >= 11 is 0. The fraction of sp³-hybridized carbons (Fsp3) is 0.316. The smallest absolute Gasteiger partial charge is 0.404 e. The lowest BCUT2D eigenvalue weighted by molar-refractivity contribution is -0.274. The first kappa shape index (κ1) is 21.0. The summed E-state index contributed by atoms with van der Waals surface area (Å²) in [4.78, 5) is 14.3. The van der Waals surface area contributed by atoms with Crippen molar-refractivity contribution in [1.29, 1.82) is 0 Å². The molecule has 1 unspecified atom stereocenters. The number of halogens is 3. The van der Waals surface area contributed by atoms with Gasteiger partial charge >= 0.3 is 6.36 Å². The van der Waals surface area contributed by atoms with Gasteiger partial charge in [0.15, 0.2) is 15.6 Å². The highest BCUT2D eigenvalue weighted by molar-refractivity contribution is 7.91. The SMILES string of the molecule is O=C(CNc1ccccc1OC(F)(F)F)N(c1ccccc1)C1CCS(=O)(=O)C1. The number of amides is 1. The number of benzene rings is 2. The molecule has 29 heavy (non-hydrogen) atoms. The van der Waals surface area contributed by atoms with Gasteiger partial charge in [-0.05, 0) is 30.7 Å². The van der Waals surface area contributed by atoms with Gasteiger partial charge in [0.2, 0.25) is 5.91 Å². The molecule has 3 rings (SSSR count). The Morgan fingerprint density at radius 1 is 1.10 bits per heavy atom. The van der Waals surface area contributed by atoms with Gasteiger partial charge in [-0.25, -0.2) is 8.42 Å². The van der Waals surface area contributed by atoms with E-state index in [1.807, 2.05) is 0 Å². The summed E-state index contributed by atoms with van der Waals surface area (Å²) in [5.74, 6) is -1.08. The summed E-state index contributed by atoms with van der Waals surface area (Å²) in [7, 11) is -3.24. The van der Waals surface area contributed by atoms with Gasteiger partial charge < -0.3 is 15.0 Å². The average molecular weight is 428 g/mol. The number of anilines is 2. The molecule has 10 heteroatoms. The molecule has 0 aromatic heterocycles. The molecule has 2 aromatic carbocycles. The first-order valence-corrected chi connectivity index (χ1v) is 10.6. The van der Waals surface area contributed by atoms with Crippen molar-refractivity contribution in [3.05, 3.63) is 54.6 Å². The Kier molecular flexibility index (Phi) is 6.02. The fourth-order valence-electron chi connectivity index (χ4n) is 3.21. The van der Waals surface area contributed by atoms with Gasteiger partial charge in [0.05, 0.1) is 29.8 Å². The summed E-state index contributed by atoms with van der Waals surface area (Å²) in [5, 5.41) is 2.66. The summed E-state index contributed by atoms with van der Waals surface area (Å²) in [6.45, 7) is -0.330. The zero-order valence-electron chi connectivity index (χ0n) is 15.2. The first-order chi connectivity index (χ1) is 13.6. The number of nitrogens with one attached hydrogen (secondary N) is 1. The van der Waals surface area contributed by atoms with E-state index >= 15 is 0 Å². The van der Waals surface area contributed by atoms with Crippen LogP contribution in [0.5, 0.6) is 5.75 Å². The number of nitrogens with zero attached hydrogens (tertiary/aromatic N) is 1. The molecule has 1 atom stereocenters. The number of rotatable bonds is 6. The van der Waals surface area contributed by atoms with Gasteiger partial charge in [-0.15, -0.1) is 13.2 Å². The molecular formula is C19H19F3N2O4S. The van der Waals surface area contributed by atoms with Crippen molar-refractivity contribution in [3.63, 3.8) is 0 Å². The predicted octanol–water partition coefficient (Wildman–Crippen LogP) is 3.22. The van der Waals surface area contributed by atoms with E-state index < -0.39 is 33.9 Å². The van der Waals surface area contributed by atoms with Crippen LogP contribution >= 0.6 is 0 Å². The second-order valence-corrected chi connectivity index (χ2v) is 8.78. The molecule has 1 heterocycles. The molecule has 1 N–H and O–H groups in total. The van der Waals surface area contributed by atoms with E-state index in [9.17, 15) is 26.4 Å². The Labute approximate surface area is 166 Å². The molecule has 1 amide bonds. The van der Waals surface area contributed by atoms with Crippen LogP contribution < -0.4 is 15.0 Å². The highest BCUT2D eigenvalue weighted by Gasteiger charge is 2.36. The molecule has 156 valence electrons. The van der Waals surface area contributed by atoms with Gasteiger partial charge in [0.25, 0.3) is 0 Å². The Bertz CT molecular complexity index is 965. The Balaban J connectivity index is 1.78. The quantitative estimate of drug-likeness (QED) is 0.765. The van der Waals surface area contributed by atoms with Gasteiger partial charge in [-0.3, -0.25) is 4.79 Å². The van der Waals surface area contributed by atoms with Crippen LogP contribution in [-0.2, 0) is 14.6 Å². The summed E-state index contributed by atoms with van der Waals surface area (Å²) in [5.41, 5.74) is 0.534. The predicted molar refractivity (Wildman–Crippen MR) is 103 cm³/mol. The number of ether oxygens (including phenoxy) is 1. The van der Waals surface area contributed by atoms with Crippen molar-refractivity contribution < 1.29 is 31.1 Å². The fourth-order valence-corrected chi connectivity index (χ4v) is 4.91. The van der Waals surface area contributed by atoms with E-state index in [1.165, 1.54) is 23.1 Å². The van der Waals surface area contributed by atoms with Crippen LogP contribution in [0.1, 0.15) is 6.42 Å². The highest BCUT2D eigenvalue weighted by Crippen LogP contribution is 2.30. The van der Waals surface area contributed by atoms with Gasteiger partial charge in [-0.2, -0.15) is 0 Å². The normalized spacial score (nSPS) is 18.2. The number of alkyl halides is 3. The topological polar surface area (TPSA) is 75.7 Å². The second kappa shape index (κ2) is 8.32. The third kappa shape index (κ3) is 5.63. The van der Waals surface area contributed by atoms with E-state index in [0.29, 0.717) is 12.1 Å². The molecule has 1 aliphatic rings. The highest BCUT2D eigenvalue weighted by atomic mass is 32.2. The van der Waals surface area contributed by atoms with Crippen LogP contribution in [0.25, 0.3) is 0 Å². The van der Waals surface area contributed by atoms with Crippen LogP contribution in [0.3, 0.4) is 0 Å². The summed E-state index contributed by atoms with van der Waals surface area (Å²) < 4.78 is 65.4. The van der Waals surface area contributed by atoms with Crippen LogP contribution in [0.4, 0.5) is 24.5 Å². The maximum Gasteiger partial charge on any atom is 0.573 e. The zero-order chi connectivity index (χ0) is 21.1. The molecule has 0 radical (unpaired) electrons. The van der Waals surface area contributed by atoms with E-state index in [0.717, 1.165) is 6.07 Å². The molecule has 6 nitrogen and oxygen atoms in total. The van der Waals surface area contributed by atoms with Gasteiger partial charge in [-0.1, -0.05) is 30.3 Å². The molecule has 1 aliphatic heterocycles. The van der Waals surface area contributed by atoms with Gasteiger partial charge in [0, 0.05) is 5.69 Å². The van der Waals surface area contributed by atoms with E-state index in [2.05, 4.69) is 10.1 Å². The largest absolute Gasteiger partial charge is 0.573 e. The van der Waals surface area contributed by atoms with Crippen molar-refractivity contribution in [1.82, 2.24) is 0 Å². The Morgan fingerprint density at radius 3 is 2.38 bits per heavy atom. The van der Waals surface area contributed by atoms with E-state index in [4.69, 9.17) is 0 Å². The average Bonchev–Trinajstić information content (AvgIpc) is 3.00. The monoisotopic (exact) mass is 428 g/mol. The van der Waals surface area contributed by atoms with Crippen LogP contribution in [0, 0.1) is 0 Å². The molecule has 0 aliphatic carbocycles. The van der Waals surface area contributed by atoms with Crippen molar-refractivity contribution in [2.24, 2.45) is 0 Å². The maximum atomic E-state index is 12.9. The summed E-state index contributed by atoms with van der Waals surface area (Å²) in [6, 6.07) is 13.4. The van der Waals surface area contributed by atoms with Crippen molar-refractivity contribution in [2.75, 3.05) is 28.3 Å². The lowest BCUT2D eigenvalue weighted by atomic mass is 10.1. The standard InChI is InChI=1S/C19H19F3N2O4S/c20-19(21,22)28-17-9-5-4-8-16(17)23-12-18(25)24(14-6-2-1-3-7-14)15-10-11-29(26,27)13-15/h1-9,15,23H,10-13H2. The van der Waals surface area contributed by atoms with Crippen molar-refractivity contribution >= 4 is 27.1 Å². The van der Waals surface area contributed by atoms with Crippen molar-refractivity contribution in [2.45, 2.75) is 18.8 Å². The molecular weight excluding hydrogens is 409 g/mol. The number of hydrogen-bond donors (Lipinski definition) is 1. The number of hydrogen-bond acceptors (Lipinski definition) is 5. The van der Waals surface area contributed by atoms with Gasteiger partial charge in [0.1, 0.15) is 0 Å². The lowest BCUT2D eigenvalue weighted by Crippen LogP contribution is -2.44. The Morgan fingerprint density at radius 2 is 1.76 bits per heavy atom. The minimum absolute atomic E-state index is 0.00484. The van der Waals surface area contributed by atoms with Crippen molar-refractivity contribution in [3.8, 4) is 5.75 Å². The number of carbonyl (C=O) groups excluding carboxylic acids is 1. The molecule has 0 saturated carbocycles. The molecule has 1 fully saturated rings. The zero-order valence-corrected chi connectivity index (χ0v) is 16.0. The van der Waals surface area contributed by atoms with E-state index in [1.54, 1.807) is 30.3 Å². The second-order valence-electron chi connectivity index (χ2n) is 6.55. The maximum absolute atomic E-state index is 12.9. The Hall–Kier alpha value is -2.75. The number of sulfone groups is 1. The number of para-hydroxylation sites is 3. The third-order valence-corrected chi connectivity index (χ3v) is 6.17. The van der Waals surface area contributed by atoms with Crippen LogP contribution in [0.15, 0.2) is 54.6 Å². The minimum atomic E-state index is -4.87. The van der Waals surface area contributed by atoms with E-state index in [-0.39, 0.29) is 23.7 Å². The molecule has 1 saturated heterocycles. The number of carbonyl (C=O) groups is 1. The molecule has 0 bridgehead atoms.